The lowest BCUT2D eigenvalue weighted by atomic mass is 9.98. The van der Waals surface area contributed by atoms with E-state index in [1.807, 2.05) is 44.2 Å². The number of amides is 1. The van der Waals surface area contributed by atoms with Crippen LogP contribution >= 0.6 is 0 Å². The van der Waals surface area contributed by atoms with Crippen molar-refractivity contribution >= 4 is 6.09 Å². The Kier molecular flexibility index (Phi) is 5.99. The molecule has 1 amide bonds. The molecule has 0 bridgehead atoms. The predicted molar refractivity (Wildman–Crippen MR) is 121 cm³/mol. The van der Waals surface area contributed by atoms with Crippen LogP contribution in [0.3, 0.4) is 0 Å². The summed E-state index contributed by atoms with van der Waals surface area (Å²) in [5, 5.41) is 10.7. The Bertz CT molecular complexity index is 951. The zero-order chi connectivity index (χ0) is 22.0. The third-order valence-corrected chi connectivity index (χ3v) is 6.15. The van der Waals surface area contributed by atoms with E-state index >= 15 is 0 Å². The summed E-state index contributed by atoms with van der Waals surface area (Å²) < 4.78 is 11.6. The molecule has 2 aromatic rings. The van der Waals surface area contributed by atoms with Crippen molar-refractivity contribution < 1.29 is 19.4 Å². The lowest BCUT2D eigenvalue weighted by Crippen LogP contribution is -2.52. The molecule has 162 valence electrons. The summed E-state index contributed by atoms with van der Waals surface area (Å²) in [6.45, 7) is 7.78. The molecule has 4 rings (SSSR count). The van der Waals surface area contributed by atoms with E-state index in [9.17, 15) is 9.90 Å². The van der Waals surface area contributed by atoms with Gasteiger partial charge in [-0.15, -0.1) is 0 Å². The quantitative estimate of drug-likeness (QED) is 0.679. The van der Waals surface area contributed by atoms with E-state index in [1.165, 1.54) is 27.2 Å². The van der Waals surface area contributed by atoms with Crippen molar-refractivity contribution in [2.45, 2.75) is 44.1 Å². The van der Waals surface area contributed by atoms with Gasteiger partial charge in [-0.1, -0.05) is 73.3 Å². The molecule has 0 radical (unpaired) electrons. The highest BCUT2D eigenvalue weighted by Crippen LogP contribution is 2.44. The summed E-state index contributed by atoms with van der Waals surface area (Å²) in [5.41, 5.74) is 3.85. The SMILES string of the molecule is C=C/C=C/CC(O)[C@@H]1COC(C)(C)N1C(=O)OCC1c2ccccc2-c2ccccc21. The second-order valence-corrected chi connectivity index (χ2v) is 8.47. The van der Waals surface area contributed by atoms with Gasteiger partial charge in [0.25, 0.3) is 0 Å². The average Bonchev–Trinajstić information content (AvgIpc) is 3.26. The number of aliphatic hydroxyl groups excluding tert-OH is 1. The maximum atomic E-state index is 13.2. The average molecular weight is 420 g/mol. The van der Waals surface area contributed by atoms with Crippen LogP contribution in [0.15, 0.2) is 73.3 Å². The Hall–Kier alpha value is -2.89. The molecule has 5 heteroatoms. The van der Waals surface area contributed by atoms with Crippen molar-refractivity contribution in [2.24, 2.45) is 0 Å². The smallest absolute Gasteiger partial charge is 0.412 e. The van der Waals surface area contributed by atoms with Gasteiger partial charge in [0, 0.05) is 5.92 Å². The molecule has 2 aromatic carbocycles. The van der Waals surface area contributed by atoms with E-state index in [0.29, 0.717) is 6.42 Å². The number of benzene rings is 2. The lowest BCUT2D eigenvalue weighted by Gasteiger charge is -2.34. The van der Waals surface area contributed by atoms with E-state index in [1.54, 1.807) is 12.2 Å². The third kappa shape index (κ3) is 4.03. The van der Waals surface area contributed by atoms with E-state index in [0.717, 1.165) is 0 Å². The van der Waals surface area contributed by atoms with Crippen molar-refractivity contribution in [1.82, 2.24) is 4.90 Å². The molecule has 0 saturated carbocycles. The van der Waals surface area contributed by atoms with Crippen LogP contribution < -0.4 is 0 Å². The number of nitrogens with zero attached hydrogens (tertiary/aromatic N) is 1. The summed E-state index contributed by atoms with van der Waals surface area (Å²) in [6.07, 6.45) is 4.45. The van der Waals surface area contributed by atoms with Gasteiger partial charge in [0.2, 0.25) is 0 Å². The van der Waals surface area contributed by atoms with Crippen LogP contribution in [0.2, 0.25) is 0 Å². The summed E-state index contributed by atoms with van der Waals surface area (Å²) in [7, 11) is 0. The Morgan fingerprint density at radius 3 is 2.45 bits per heavy atom. The molecular weight excluding hydrogens is 390 g/mol. The van der Waals surface area contributed by atoms with Gasteiger partial charge in [-0.25, -0.2) is 4.79 Å². The van der Waals surface area contributed by atoms with Gasteiger partial charge >= 0.3 is 6.09 Å². The normalized spacial score (nSPS) is 20.5. The lowest BCUT2D eigenvalue weighted by molar-refractivity contribution is -0.0531. The number of ether oxygens (including phenoxy) is 2. The number of fused-ring (bicyclic) bond motifs is 3. The van der Waals surface area contributed by atoms with Crippen molar-refractivity contribution in [2.75, 3.05) is 13.2 Å². The molecule has 0 aromatic heterocycles. The number of aliphatic hydroxyl groups is 1. The Morgan fingerprint density at radius 1 is 1.23 bits per heavy atom. The molecular formula is C26H29NO4. The molecule has 31 heavy (non-hydrogen) atoms. The first-order chi connectivity index (χ1) is 14.9. The molecule has 0 spiro atoms. The zero-order valence-corrected chi connectivity index (χ0v) is 18.0. The zero-order valence-electron chi connectivity index (χ0n) is 18.0. The Morgan fingerprint density at radius 2 is 1.84 bits per heavy atom. The molecule has 1 heterocycles. The largest absolute Gasteiger partial charge is 0.448 e. The second-order valence-electron chi connectivity index (χ2n) is 8.47. The van der Waals surface area contributed by atoms with E-state index < -0.39 is 24.0 Å². The van der Waals surface area contributed by atoms with Crippen molar-refractivity contribution in [3.05, 3.63) is 84.5 Å². The summed E-state index contributed by atoms with van der Waals surface area (Å²) in [6, 6.07) is 16.0. The minimum atomic E-state index is -0.851. The standard InChI is InChI=1S/C26H29NO4/c1-4-5-6-15-24(28)23-17-31-26(2,3)27(23)25(29)30-16-22-20-13-9-7-11-18(20)19-12-8-10-14-21(19)22/h4-14,22-24,28H,1,15-17H2,2-3H3/b6-5+/t23-,24?/m0/s1. The number of hydrogen-bond donors (Lipinski definition) is 1. The molecule has 2 aliphatic rings. The van der Waals surface area contributed by atoms with Gasteiger partial charge in [0.1, 0.15) is 12.3 Å². The van der Waals surface area contributed by atoms with Crippen molar-refractivity contribution in [1.29, 1.82) is 0 Å². The van der Waals surface area contributed by atoms with Crippen LogP contribution in [-0.4, -0.2) is 47.2 Å². The first-order valence-corrected chi connectivity index (χ1v) is 10.7. The van der Waals surface area contributed by atoms with Gasteiger partial charge in [-0.2, -0.15) is 0 Å². The molecule has 2 atom stereocenters. The molecule has 1 fully saturated rings. The maximum absolute atomic E-state index is 13.2. The van der Waals surface area contributed by atoms with E-state index in [2.05, 4.69) is 30.8 Å². The van der Waals surface area contributed by atoms with Gasteiger partial charge in [-0.3, -0.25) is 4.90 Å². The van der Waals surface area contributed by atoms with Gasteiger partial charge < -0.3 is 14.6 Å². The highest BCUT2D eigenvalue weighted by Gasteiger charge is 2.47. The van der Waals surface area contributed by atoms with Crippen LogP contribution in [0, 0.1) is 0 Å². The number of carbonyl (C=O) groups is 1. The van der Waals surface area contributed by atoms with E-state index in [4.69, 9.17) is 9.47 Å². The van der Waals surface area contributed by atoms with Gasteiger partial charge in [0.15, 0.2) is 0 Å². The van der Waals surface area contributed by atoms with E-state index in [-0.39, 0.29) is 19.1 Å². The molecule has 1 unspecified atom stereocenters. The fourth-order valence-electron chi connectivity index (χ4n) is 4.61. The number of carbonyl (C=O) groups excluding carboxylic acids is 1. The van der Waals surface area contributed by atoms with Crippen LogP contribution in [0.1, 0.15) is 37.3 Å². The number of allylic oxidation sites excluding steroid dienone is 2. The predicted octanol–water partition coefficient (Wildman–Crippen LogP) is 4.87. The number of hydrogen-bond acceptors (Lipinski definition) is 4. The second kappa shape index (κ2) is 8.69. The van der Waals surface area contributed by atoms with Gasteiger partial charge in [-0.05, 0) is 42.5 Å². The molecule has 1 aliphatic carbocycles. The summed E-state index contributed by atoms with van der Waals surface area (Å²) in [5.74, 6) is -0.0121. The molecule has 1 aliphatic heterocycles. The highest BCUT2D eigenvalue weighted by atomic mass is 16.6. The Balaban J connectivity index is 1.51. The Labute approximate surface area is 183 Å². The monoisotopic (exact) mass is 419 g/mol. The van der Waals surface area contributed by atoms with Crippen molar-refractivity contribution in [3.63, 3.8) is 0 Å². The minimum absolute atomic E-state index is 0.0121. The van der Waals surface area contributed by atoms with Gasteiger partial charge in [0.05, 0.1) is 18.8 Å². The summed E-state index contributed by atoms with van der Waals surface area (Å²) in [4.78, 5) is 14.7. The topological polar surface area (TPSA) is 59.0 Å². The molecule has 5 nitrogen and oxygen atoms in total. The number of rotatable bonds is 6. The maximum Gasteiger partial charge on any atom is 0.412 e. The van der Waals surface area contributed by atoms with Crippen molar-refractivity contribution in [3.8, 4) is 11.1 Å². The first-order valence-electron chi connectivity index (χ1n) is 10.7. The first kappa shape index (κ1) is 21.3. The molecule has 1 N–H and O–H groups in total. The van der Waals surface area contributed by atoms with Crippen LogP contribution in [0.4, 0.5) is 4.79 Å². The third-order valence-electron chi connectivity index (χ3n) is 6.15. The van der Waals surface area contributed by atoms with Crippen LogP contribution in [0.5, 0.6) is 0 Å². The fourth-order valence-corrected chi connectivity index (χ4v) is 4.61. The minimum Gasteiger partial charge on any atom is -0.448 e. The fraction of sp³-hybridized carbons (Fsp3) is 0.346. The van der Waals surface area contributed by atoms with Crippen LogP contribution in [0.25, 0.3) is 11.1 Å². The van der Waals surface area contributed by atoms with Crippen LogP contribution in [-0.2, 0) is 9.47 Å². The molecule has 1 saturated heterocycles. The highest BCUT2D eigenvalue weighted by molar-refractivity contribution is 5.79. The summed E-state index contributed by atoms with van der Waals surface area (Å²) >= 11 is 0.